The fourth-order valence-electron chi connectivity index (χ4n) is 2.58. The summed E-state index contributed by atoms with van der Waals surface area (Å²) in [6.07, 6.45) is 8.56. The van der Waals surface area contributed by atoms with E-state index in [1.54, 1.807) is 6.07 Å². The van der Waals surface area contributed by atoms with Gasteiger partial charge in [-0.2, -0.15) is 0 Å². The summed E-state index contributed by atoms with van der Waals surface area (Å²) < 4.78 is 0. The van der Waals surface area contributed by atoms with Crippen LogP contribution in [0.5, 0.6) is 5.75 Å². The fourth-order valence-corrected chi connectivity index (χ4v) is 2.58. The summed E-state index contributed by atoms with van der Waals surface area (Å²) in [5.41, 5.74) is 3.49. The molecule has 0 fully saturated rings. The molecule has 0 amide bonds. The molecular weight excluding hydrogens is 282 g/mol. The van der Waals surface area contributed by atoms with E-state index in [0.29, 0.717) is 5.75 Å². The van der Waals surface area contributed by atoms with Crippen LogP contribution in [0, 0.1) is 0 Å². The van der Waals surface area contributed by atoms with Crippen LogP contribution in [0.25, 0.3) is 0 Å². The lowest BCUT2D eigenvalue weighted by Gasteiger charge is -2.04. The molecule has 0 saturated carbocycles. The van der Waals surface area contributed by atoms with Crippen molar-refractivity contribution in [1.29, 1.82) is 0 Å². The van der Waals surface area contributed by atoms with Gasteiger partial charge in [-0.1, -0.05) is 49.7 Å². The molecular formula is C21H27NO. The molecule has 0 aliphatic heterocycles. The normalized spacial score (nSPS) is 11.2. The molecule has 0 aromatic heterocycles. The van der Waals surface area contributed by atoms with E-state index in [9.17, 15) is 5.11 Å². The van der Waals surface area contributed by atoms with E-state index < -0.39 is 0 Å². The van der Waals surface area contributed by atoms with Crippen molar-refractivity contribution in [2.45, 2.75) is 45.4 Å². The van der Waals surface area contributed by atoms with Crippen molar-refractivity contribution in [3.8, 4) is 5.75 Å². The Kier molecular flexibility index (Phi) is 7.38. The first kappa shape index (κ1) is 17.3. The first-order valence-electron chi connectivity index (χ1n) is 8.65. The number of nitrogens with zero attached hydrogens (tertiary/aromatic N) is 1. The van der Waals surface area contributed by atoms with E-state index in [1.807, 2.05) is 12.3 Å². The maximum absolute atomic E-state index is 9.92. The zero-order chi connectivity index (χ0) is 16.3. The van der Waals surface area contributed by atoms with Crippen LogP contribution in [0.15, 0.2) is 53.5 Å². The number of unbranched alkanes of at least 4 members (excludes halogenated alkanes) is 2. The lowest BCUT2D eigenvalue weighted by Crippen LogP contribution is -1.91. The average molecular weight is 309 g/mol. The second kappa shape index (κ2) is 9.83. The van der Waals surface area contributed by atoms with Crippen molar-refractivity contribution in [1.82, 2.24) is 0 Å². The lowest BCUT2D eigenvalue weighted by atomic mass is 10.1. The number of aromatic hydroxyl groups is 1. The van der Waals surface area contributed by atoms with Crippen molar-refractivity contribution < 1.29 is 5.11 Å². The molecule has 2 heteroatoms. The number of hydrogen-bond acceptors (Lipinski definition) is 2. The van der Waals surface area contributed by atoms with Gasteiger partial charge in [0.1, 0.15) is 5.75 Å². The van der Waals surface area contributed by atoms with E-state index in [2.05, 4.69) is 48.3 Å². The van der Waals surface area contributed by atoms with Crippen molar-refractivity contribution in [2.75, 3.05) is 6.54 Å². The second-order valence-electron chi connectivity index (χ2n) is 5.97. The topological polar surface area (TPSA) is 32.6 Å². The zero-order valence-corrected chi connectivity index (χ0v) is 14.0. The monoisotopic (exact) mass is 309 g/mol. The SMILES string of the molecule is CCCCc1ccc(O)c(C=NCCCCc2ccccc2)c1. The quantitative estimate of drug-likeness (QED) is 0.502. The standard InChI is InChI=1S/C21H27NO/c1-2-3-9-19-13-14-21(23)20(16-19)17-22-15-8-7-12-18-10-5-4-6-11-18/h4-6,10-11,13-14,16-17,23H,2-3,7-9,12,15H2,1H3. The molecule has 23 heavy (non-hydrogen) atoms. The molecule has 0 radical (unpaired) electrons. The van der Waals surface area contributed by atoms with Gasteiger partial charge in [-0.05, 0) is 55.4 Å². The van der Waals surface area contributed by atoms with Crippen molar-refractivity contribution >= 4 is 6.21 Å². The number of phenolic OH excluding ortho intramolecular Hbond substituents is 1. The Morgan fingerprint density at radius 1 is 0.913 bits per heavy atom. The predicted octanol–water partition coefficient (Wildman–Crippen LogP) is 5.18. The van der Waals surface area contributed by atoms with Crippen LogP contribution in [0.2, 0.25) is 0 Å². The molecule has 0 saturated heterocycles. The number of rotatable bonds is 9. The minimum Gasteiger partial charge on any atom is -0.507 e. The minimum atomic E-state index is 0.318. The van der Waals surface area contributed by atoms with E-state index in [-0.39, 0.29) is 0 Å². The Labute approximate surface area is 139 Å². The Hall–Kier alpha value is -2.09. The number of benzene rings is 2. The van der Waals surface area contributed by atoms with Crippen molar-refractivity contribution in [2.24, 2.45) is 4.99 Å². The minimum absolute atomic E-state index is 0.318. The molecule has 0 bridgehead atoms. The molecule has 122 valence electrons. The van der Waals surface area contributed by atoms with E-state index >= 15 is 0 Å². The highest BCUT2D eigenvalue weighted by Crippen LogP contribution is 2.18. The highest BCUT2D eigenvalue weighted by atomic mass is 16.3. The smallest absolute Gasteiger partial charge is 0.124 e. The second-order valence-corrected chi connectivity index (χ2v) is 5.97. The van der Waals surface area contributed by atoms with Crippen LogP contribution in [0.4, 0.5) is 0 Å². The van der Waals surface area contributed by atoms with Crippen molar-refractivity contribution in [3.05, 3.63) is 65.2 Å². The van der Waals surface area contributed by atoms with E-state index in [0.717, 1.165) is 37.8 Å². The summed E-state index contributed by atoms with van der Waals surface area (Å²) >= 11 is 0. The summed E-state index contributed by atoms with van der Waals surface area (Å²) in [6, 6.07) is 16.4. The van der Waals surface area contributed by atoms with Crippen LogP contribution in [-0.2, 0) is 12.8 Å². The Morgan fingerprint density at radius 3 is 2.48 bits per heavy atom. The third-order valence-electron chi connectivity index (χ3n) is 3.99. The molecule has 2 rings (SSSR count). The van der Waals surface area contributed by atoms with Crippen LogP contribution in [0.3, 0.4) is 0 Å². The summed E-state index contributed by atoms with van der Waals surface area (Å²) in [4.78, 5) is 4.47. The zero-order valence-electron chi connectivity index (χ0n) is 14.0. The largest absolute Gasteiger partial charge is 0.507 e. The number of aryl methyl sites for hydroxylation is 2. The molecule has 0 atom stereocenters. The van der Waals surface area contributed by atoms with Gasteiger partial charge in [0, 0.05) is 18.3 Å². The van der Waals surface area contributed by atoms with Gasteiger partial charge >= 0.3 is 0 Å². The highest BCUT2D eigenvalue weighted by molar-refractivity contribution is 5.83. The first-order valence-corrected chi connectivity index (χ1v) is 8.65. The van der Waals surface area contributed by atoms with Gasteiger partial charge in [0.05, 0.1) is 0 Å². The Bertz CT molecular complexity index is 604. The van der Waals surface area contributed by atoms with Crippen LogP contribution in [-0.4, -0.2) is 17.9 Å². The van der Waals surface area contributed by atoms with Gasteiger partial charge < -0.3 is 5.11 Å². The number of phenols is 1. The fraction of sp³-hybridized carbons (Fsp3) is 0.381. The lowest BCUT2D eigenvalue weighted by molar-refractivity contribution is 0.474. The third-order valence-corrected chi connectivity index (χ3v) is 3.99. The van der Waals surface area contributed by atoms with Gasteiger partial charge in [0.2, 0.25) is 0 Å². The molecule has 0 aliphatic carbocycles. The maximum Gasteiger partial charge on any atom is 0.124 e. The highest BCUT2D eigenvalue weighted by Gasteiger charge is 2.00. The molecule has 0 aliphatic rings. The molecule has 2 aromatic carbocycles. The summed E-state index contributed by atoms with van der Waals surface area (Å²) in [6.45, 7) is 3.00. The van der Waals surface area contributed by atoms with Crippen LogP contribution in [0.1, 0.15) is 49.3 Å². The number of aliphatic imine (C=N–C) groups is 1. The molecule has 2 nitrogen and oxygen atoms in total. The van der Waals surface area contributed by atoms with Gasteiger partial charge in [0.25, 0.3) is 0 Å². The van der Waals surface area contributed by atoms with Crippen LogP contribution >= 0.6 is 0 Å². The number of hydrogen-bond donors (Lipinski definition) is 1. The first-order chi connectivity index (χ1) is 11.3. The average Bonchev–Trinajstić information content (AvgIpc) is 2.59. The van der Waals surface area contributed by atoms with Gasteiger partial charge in [-0.15, -0.1) is 0 Å². The van der Waals surface area contributed by atoms with Crippen LogP contribution < -0.4 is 0 Å². The molecule has 0 spiro atoms. The van der Waals surface area contributed by atoms with Crippen molar-refractivity contribution in [3.63, 3.8) is 0 Å². The van der Waals surface area contributed by atoms with E-state index in [1.165, 1.54) is 24.0 Å². The molecule has 1 N–H and O–H groups in total. The Balaban J connectivity index is 1.76. The summed E-state index contributed by atoms with van der Waals surface area (Å²) in [5, 5.41) is 9.92. The molecule has 2 aromatic rings. The molecule has 0 heterocycles. The Morgan fingerprint density at radius 2 is 1.70 bits per heavy atom. The van der Waals surface area contributed by atoms with E-state index in [4.69, 9.17) is 0 Å². The summed E-state index contributed by atoms with van der Waals surface area (Å²) in [5.74, 6) is 0.318. The van der Waals surface area contributed by atoms with Gasteiger partial charge in [-0.25, -0.2) is 0 Å². The maximum atomic E-state index is 9.92. The summed E-state index contributed by atoms with van der Waals surface area (Å²) in [7, 11) is 0. The van der Waals surface area contributed by atoms with Gasteiger partial charge in [0.15, 0.2) is 0 Å². The molecule has 0 unspecified atom stereocenters. The third kappa shape index (κ3) is 6.27. The predicted molar refractivity (Wildman–Crippen MR) is 98.6 cm³/mol. The van der Waals surface area contributed by atoms with Gasteiger partial charge in [-0.3, -0.25) is 4.99 Å².